The fraction of sp³-hybridized carbons (Fsp3) is 0.909. The van der Waals surface area contributed by atoms with Crippen LogP contribution in [0.25, 0.3) is 0 Å². The molecule has 0 radical (unpaired) electrons. The molecule has 0 heterocycles. The predicted octanol–water partition coefficient (Wildman–Crippen LogP) is 1.95. The third-order valence-electron chi connectivity index (χ3n) is 2.48. The van der Waals surface area contributed by atoms with Crippen molar-refractivity contribution in [2.75, 3.05) is 6.54 Å². The van der Waals surface area contributed by atoms with Gasteiger partial charge in [0, 0.05) is 0 Å². The number of esters is 1. The summed E-state index contributed by atoms with van der Waals surface area (Å²) in [5.41, 5.74) is 5.37. The number of hydrogen-bond acceptors (Lipinski definition) is 3. The molecule has 2 N–H and O–H groups in total. The van der Waals surface area contributed by atoms with E-state index in [1.54, 1.807) is 0 Å². The van der Waals surface area contributed by atoms with Crippen LogP contribution in [-0.2, 0) is 9.53 Å². The molecule has 0 aromatic rings. The lowest BCUT2D eigenvalue weighted by molar-refractivity contribution is -0.154. The molecule has 3 heteroatoms. The van der Waals surface area contributed by atoms with Gasteiger partial charge in [0.2, 0.25) is 0 Å². The zero-order valence-electron chi connectivity index (χ0n) is 9.75. The molecule has 3 nitrogen and oxygen atoms in total. The van der Waals surface area contributed by atoms with Crippen molar-refractivity contribution in [2.24, 2.45) is 17.6 Å². The first-order valence-corrected chi connectivity index (χ1v) is 5.39. The molecule has 0 bridgehead atoms. The van der Waals surface area contributed by atoms with E-state index < -0.39 is 0 Å². The molecular formula is C11H23NO2. The normalized spacial score (nSPS) is 15.3. The minimum atomic E-state index is -0.0975. The van der Waals surface area contributed by atoms with E-state index in [1.807, 2.05) is 27.7 Å². The average molecular weight is 201 g/mol. The Morgan fingerprint density at radius 3 is 2.29 bits per heavy atom. The third-order valence-corrected chi connectivity index (χ3v) is 2.48. The van der Waals surface area contributed by atoms with Crippen molar-refractivity contribution in [3.63, 3.8) is 0 Å². The lowest BCUT2D eigenvalue weighted by atomic mass is 10.1. The number of nitrogens with two attached hydrogens (primary N) is 1. The van der Waals surface area contributed by atoms with E-state index in [2.05, 4.69) is 0 Å². The number of rotatable bonds is 6. The summed E-state index contributed by atoms with van der Waals surface area (Å²) in [7, 11) is 0. The van der Waals surface area contributed by atoms with Gasteiger partial charge in [-0.2, -0.15) is 0 Å². The third kappa shape index (κ3) is 5.22. The Bertz CT molecular complexity index is 169. The zero-order valence-corrected chi connectivity index (χ0v) is 9.75. The van der Waals surface area contributed by atoms with Crippen molar-refractivity contribution in [3.8, 4) is 0 Å². The highest BCUT2D eigenvalue weighted by molar-refractivity contribution is 5.72. The highest BCUT2D eigenvalue weighted by Crippen LogP contribution is 2.12. The first-order chi connectivity index (χ1) is 6.49. The summed E-state index contributed by atoms with van der Waals surface area (Å²) in [6.45, 7) is 8.55. The van der Waals surface area contributed by atoms with Gasteiger partial charge < -0.3 is 10.5 Å². The Morgan fingerprint density at radius 2 is 1.86 bits per heavy atom. The van der Waals surface area contributed by atoms with E-state index in [1.165, 1.54) is 0 Å². The standard InChI is InChI=1S/C11H23NO2/c1-8(2)10(4)14-11(13)9(3)6-5-7-12/h8-10H,5-7,12H2,1-4H3. The minimum absolute atomic E-state index is 0.00262. The lowest BCUT2D eigenvalue weighted by Gasteiger charge is -2.19. The highest BCUT2D eigenvalue weighted by Gasteiger charge is 2.18. The summed E-state index contributed by atoms with van der Waals surface area (Å²) in [6.07, 6.45) is 1.70. The quantitative estimate of drug-likeness (QED) is 0.668. The summed E-state index contributed by atoms with van der Waals surface area (Å²) in [6, 6.07) is 0. The summed E-state index contributed by atoms with van der Waals surface area (Å²) < 4.78 is 5.29. The fourth-order valence-electron chi connectivity index (χ4n) is 0.977. The maximum atomic E-state index is 11.5. The smallest absolute Gasteiger partial charge is 0.308 e. The van der Waals surface area contributed by atoms with E-state index >= 15 is 0 Å². The van der Waals surface area contributed by atoms with Gasteiger partial charge in [-0.1, -0.05) is 20.8 Å². The van der Waals surface area contributed by atoms with Crippen LogP contribution in [0.5, 0.6) is 0 Å². The van der Waals surface area contributed by atoms with E-state index in [4.69, 9.17) is 10.5 Å². The van der Waals surface area contributed by atoms with Crippen LogP contribution in [0.4, 0.5) is 0 Å². The number of ether oxygens (including phenoxy) is 1. The van der Waals surface area contributed by atoms with Crippen molar-refractivity contribution in [1.29, 1.82) is 0 Å². The van der Waals surface area contributed by atoms with Crippen LogP contribution in [0.3, 0.4) is 0 Å². The van der Waals surface area contributed by atoms with Crippen LogP contribution in [0.2, 0.25) is 0 Å². The van der Waals surface area contributed by atoms with Crippen LogP contribution in [-0.4, -0.2) is 18.6 Å². The second-order valence-electron chi connectivity index (χ2n) is 4.22. The number of carbonyl (C=O) groups excluding carboxylic acids is 1. The Balaban J connectivity index is 3.82. The van der Waals surface area contributed by atoms with Crippen molar-refractivity contribution < 1.29 is 9.53 Å². The topological polar surface area (TPSA) is 52.3 Å². The monoisotopic (exact) mass is 201 g/mol. The van der Waals surface area contributed by atoms with E-state index in [-0.39, 0.29) is 18.0 Å². The summed E-state index contributed by atoms with van der Waals surface area (Å²) >= 11 is 0. The van der Waals surface area contributed by atoms with Gasteiger partial charge >= 0.3 is 5.97 Å². The Kier molecular flexibility index (Phi) is 6.54. The molecule has 0 aliphatic rings. The Hall–Kier alpha value is -0.570. The highest BCUT2D eigenvalue weighted by atomic mass is 16.5. The minimum Gasteiger partial charge on any atom is -0.462 e. The SMILES string of the molecule is CC(CCCN)C(=O)OC(C)C(C)C. The van der Waals surface area contributed by atoms with E-state index in [0.29, 0.717) is 12.5 Å². The van der Waals surface area contributed by atoms with E-state index in [9.17, 15) is 4.79 Å². The maximum absolute atomic E-state index is 11.5. The molecular weight excluding hydrogens is 178 g/mol. The van der Waals surface area contributed by atoms with Gasteiger partial charge in [0.1, 0.15) is 6.10 Å². The Morgan fingerprint density at radius 1 is 1.29 bits per heavy atom. The summed E-state index contributed by atoms with van der Waals surface area (Å²) in [4.78, 5) is 11.5. The molecule has 0 spiro atoms. The van der Waals surface area contributed by atoms with Gasteiger partial charge in [0.05, 0.1) is 5.92 Å². The van der Waals surface area contributed by atoms with Gasteiger partial charge in [-0.05, 0) is 32.2 Å². The fourth-order valence-corrected chi connectivity index (χ4v) is 0.977. The predicted molar refractivity (Wildman–Crippen MR) is 57.8 cm³/mol. The molecule has 84 valence electrons. The van der Waals surface area contributed by atoms with Crippen LogP contribution < -0.4 is 5.73 Å². The van der Waals surface area contributed by atoms with Crippen molar-refractivity contribution in [3.05, 3.63) is 0 Å². The van der Waals surface area contributed by atoms with Gasteiger partial charge in [0.25, 0.3) is 0 Å². The molecule has 2 atom stereocenters. The van der Waals surface area contributed by atoms with Gasteiger partial charge in [0.15, 0.2) is 0 Å². The lowest BCUT2D eigenvalue weighted by Crippen LogP contribution is -2.24. The molecule has 0 aromatic carbocycles. The first-order valence-electron chi connectivity index (χ1n) is 5.39. The van der Waals surface area contributed by atoms with Crippen molar-refractivity contribution in [1.82, 2.24) is 0 Å². The van der Waals surface area contributed by atoms with Crippen LogP contribution in [0, 0.1) is 11.8 Å². The van der Waals surface area contributed by atoms with Crippen LogP contribution in [0.15, 0.2) is 0 Å². The molecule has 0 aliphatic carbocycles. The zero-order chi connectivity index (χ0) is 11.1. The maximum Gasteiger partial charge on any atom is 0.308 e. The summed E-state index contributed by atoms with van der Waals surface area (Å²) in [5.74, 6) is 0.250. The van der Waals surface area contributed by atoms with Crippen molar-refractivity contribution in [2.45, 2.75) is 46.6 Å². The Labute approximate surface area is 87.0 Å². The van der Waals surface area contributed by atoms with Crippen molar-refractivity contribution >= 4 is 5.97 Å². The molecule has 0 aromatic heterocycles. The summed E-state index contributed by atoms with van der Waals surface area (Å²) in [5, 5.41) is 0. The molecule has 0 saturated heterocycles. The number of hydrogen-bond donors (Lipinski definition) is 1. The molecule has 0 aliphatic heterocycles. The first kappa shape index (κ1) is 13.4. The molecule has 14 heavy (non-hydrogen) atoms. The molecule has 0 amide bonds. The van der Waals surface area contributed by atoms with E-state index in [0.717, 1.165) is 12.8 Å². The molecule has 0 saturated carbocycles. The van der Waals surface area contributed by atoms with Crippen LogP contribution in [0.1, 0.15) is 40.5 Å². The van der Waals surface area contributed by atoms with Gasteiger partial charge in [-0.15, -0.1) is 0 Å². The average Bonchev–Trinajstić information content (AvgIpc) is 2.13. The van der Waals surface area contributed by atoms with Gasteiger partial charge in [-0.25, -0.2) is 0 Å². The largest absolute Gasteiger partial charge is 0.462 e. The second kappa shape index (κ2) is 6.82. The molecule has 0 rings (SSSR count). The van der Waals surface area contributed by atoms with Gasteiger partial charge in [-0.3, -0.25) is 4.79 Å². The number of carbonyl (C=O) groups is 1. The molecule has 2 unspecified atom stereocenters. The van der Waals surface area contributed by atoms with Crippen LogP contribution >= 0.6 is 0 Å². The molecule has 0 fully saturated rings. The second-order valence-corrected chi connectivity index (χ2v) is 4.22.